The number of amides is 2. The molecule has 6 rings (SSSR count). The van der Waals surface area contributed by atoms with Gasteiger partial charge >= 0.3 is 0 Å². The lowest BCUT2D eigenvalue weighted by atomic mass is 9.76. The van der Waals surface area contributed by atoms with Gasteiger partial charge in [0.2, 0.25) is 17.8 Å². The zero-order valence-electron chi connectivity index (χ0n) is 18.7. The first-order chi connectivity index (χ1) is 16.1. The maximum atomic E-state index is 13.7. The average molecular weight is 448 g/mol. The van der Waals surface area contributed by atoms with Gasteiger partial charge in [-0.05, 0) is 44.2 Å². The number of pyridine rings is 1. The summed E-state index contributed by atoms with van der Waals surface area (Å²) in [4.78, 5) is 44.5. The average Bonchev–Trinajstić information content (AvgIpc) is 3.60. The molecule has 0 aromatic carbocycles. The highest BCUT2D eigenvalue weighted by Gasteiger charge is 2.56. The van der Waals surface area contributed by atoms with Crippen molar-refractivity contribution in [3.05, 3.63) is 30.1 Å². The Hall–Kier alpha value is -3.23. The molecule has 0 unspecified atom stereocenters. The lowest BCUT2D eigenvalue weighted by Gasteiger charge is -2.40. The third-order valence-corrected chi connectivity index (χ3v) is 7.59. The van der Waals surface area contributed by atoms with E-state index in [-0.39, 0.29) is 17.9 Å². The van der Waals surface area contributed by atoms with Gasteiger partial charge in [-0.2, -0.15) is 4.98 Å². The molecular formula is C24H29N7O2. The van der Waals surface area contributed by atoms with Crippen LogP contribution in [0.5, 0.6) is 0 Å². The number of nitrogens with one attached hydrogen (secondary N) is 2. The molecule has 2 aromatic rings. The Morgan fingerprint density at radius 2 is 1.85 bits per heavy atom. The third-order valence-electron chi connectivity index (χ3n) is 7.59. The van der Waals surface area contributed by atoms with E-state index >= 15 is 0 Å². The van der Waals surface area contributed by atoms with Gasteiger partial charge in [-0.25, -0.2) is 9.97 Å². The van der Waals surface area contributed by atoms with Gasteiger partial charge in [-0.3, -0.25) is 14.5 Å². The topological polar surface area (TPSA) is 103 Å². The second kappa shape index (κ2) is 7.97. The van der Waals surface area contributed by atoms with Crippen molar-refractivity contribution in [2.75, 3.05) is 34.8 Å². The van der Waals surface area contributed by atoms with Crippen molar-refractivity contribution in [3.8, 4) is 0 Å². The van der Waals surface area contributed by atoms with E-state index in [1.807, 2.05) is 17.0 Å². The first-order valence-corrected chi connectivity index (χ1v) is 12.1. The monoisotopic (exact) mass is 447 g/mol. The van der Waals surface area contributed by atoms with Gasteiger partial charge in [-0.1, -0.05) is 12.8 Å². The van der Waals surface area contributed by atoms with Gasteiger partial charge in [-0.15, -0.1) is 0 Å². The second-order valence-electron chi connectivity index (χ2n) is 9.64. The van der Waals surface area contributed by atoms with Crippen molar-refractivity contribution >= 4 is 35.1 Å². The fourth-order valence-corrected chi connectivity index (χ4v) is 5.79. The number of fused-ring (bicyclic) bond motifs is 1. The Balaban J connectivity index is 1.30. The minimum atomic E-state index is -1.01. The maximum Gasteiger partial charge on any atom is 0.244 e. The number of carbonyl (C=O) groups excluding carboxylic acids is 2. The normalized spacial score (nSPS) is 25.1. The fraction of sp³-hybridized carbons (Fsp3) is 0.542. The van der Waals surface area contributed by atoms with Crippen LogP contribution in [0.4, 0.5) is 23.3 Å². The summed E-state index contributed by atoms with van der Waals surface area (Å²) >= 11 is 0. The second-order valence-corrected chi connectivity index (χ2v) is 9.64. The first kappa shape index (κ1) is 20.4. The third kappa shape index (κ3) is 3.41. The molecule has 33 heavy (non-hydrogen) atoms. The van der Waals surface area contributed by atoms with Crippen molar-refractivity contribution in [2.45, 2.75) is 57.4 Å². The quantitative estimate of drug-likeness (QED) is 0.694. The van der Waals surface area contributed by atoms with Crippen LogP contribution in [-0.4, -0.2) is 52.4 Å². The van der Waals surface area contributed by atoms with Crippen molar-refractivity contribution in [1.29, 1.82) is 0 Å². The number of rotatable bonds is 4. The summed E-state index contributed by atoms with van der Waals surface area (Å²) in [5.74, 6) is 1.82. The summed E-state index contributed by atoms with van der Waals surface area (Å²) in [5.41, 5.74) is 0.661. The highest BCUT2D eigenvalue weighted by Crippen LogP contribution is 2.44. The van der Waals surface area contributed by atoms with Crippen LogP contribution in [0.25, 0.3) is 0 Å². The Labute approximate surface area is 193 Å². The van der Waals surface area contributed by atoms with Gasteiger partial charge in [0.1, 0.15) is 17.1 Å². The van der Waals surface area contributed by atoms with Gasteiger partial charge in [0.05, 0.1) is 11.9 Å². The Kier molecular flexibility index (Phi) is 4.92. The summed E-state index contributed by atoms with van der Waals surface area (Å²) in [6, 6.07) is 4.09. The van der Waals surface area contributed by atoms with Gasteiger partial charge in [0.25, 0.3) is 0 Å². The molecule has 2 aromatic heterocycles. The highest BCUT2D eigenvalue weighted by atomic mass is 16.2. The summed E-state index contributed by atoms with van der Waals surface area (Å²) in [5, 5.41) is 6.12. The zero-order chi connectivity index (χ0) is 22.4. The molecule has 9 heteroatoms. The molecule has 4 aliphatic rings. The molecule has 9 nitrogen and oxygen atoms in total. The smallest absolute Gasteiger partial charge is 0.244 e. The number of carbonyl (C=O) groups is 2. The highest BCUT2D eigenvalue weighted by molar-refractivity contribution is 6.14. The van der Waals surface area contributed by atoms with E-state index in [1.165, 1.54) is 12.8 Å². The summed E-state index contributed by atoms with van der Waals surface area (Å²) in [7, 11) is 0. The van der Waals surface area contributed by atoms with Crippen LogP contribution in [-0.2, 0) is 16.0 Å². The van der Waals surface area contributed by atoms with Crippen molar-refractivity contribution < 1.29 is 9.59 Å². The number of hydrogen-bond donors (Lipinski definition) is 2. The summed E-state index contributed by atoms with van der Waals surface area (Å²) < 4.78 is 0. The van der Waals surface area contributed by atoms with E-state index in [0.717, 1.165) is 55.8 Å². The van der Waals surface area contributed by atoms with Crippen molar-refractivity contribution in [3.63, 3.8) is 0 Å². The number of aromatic nitrogens is 3. The van der Waals surface area contributed by atoms with Gasteiger partial charge in [0.15, 0.2) is 0 Å². The van der Waals surface area contributed by atoms with Gasteiger partial charge < -0.3 is 15.5 Å². The Bertz CT molecular complexity index is 1080. The molecule has 172 valence electrons. The first-order valence-electron chi connectivity index (χ1n) is 12.1. The van der Waals surface area contributed by atoms with E-state index in [4.69, 9.17) is 4.98 Å². The van der Waals surface area contributed by atoms with Gasteiger partial charge in [0, 0.05) is 43.9 Å². The number of anilines is 4. The molecule has 2 N–H and O–H groups in total. The van der Waals surface area contributed by atoms with E-state index in [2.05, 4.69) is 25.5 Å². The molecule has 2 amide bonds. The lowest BCUT2D eigenvalue weighted by molar-refractivity contribution is -0.140. The molecule has 0 bridgehead atoms. The van der Waals surface area contributed by atoms with Crippen LogP contribution in [0.15, 0.2) is 24.5 Å². The van der Waals surface area contributed by atoms with E-state index in [1.54, 1.807) is 12.4 Å². The number of hydrogen-bond acceptors (Lipinski definition) is 7. The van der Waals surface area contributed by atoms with E-state index in [0.29, 0.717) is 31.2 Å². The molecule has 1 saturated carbocycles. The van der Waals surface area contributed by atoms with E-state index in [9.17, 15) is 9.59 Å². The minimum absolute atomic E-state index is 0.0889. The van der Waals surface area contributed by atoms with Crippen molar-refractivity contribution in [2.24, 2.45) is 5.41 Å². The van der Waals surface area contributed by atoms with Crippen LogP contribution in [0.2, 0.25) is 0 Å². The SMILES string of the molecule is O=C1NCC[C@@]12Cc1cnc(Nc3ccc(N4CCCC4)nc3)nc1N(C1CCCC1)C2=O. The molecule has 5 heterocycles. The number of nitrogens with zero attached hydrogens (tertiary/aromatic N) is 5. The molecular weight excluding hydrogens is 418 g/mol. The summed E-state index contributed by atoms with van der Waals surface area (Å²) in [6.07, 6.45) is 11.0. The minimum Gasteiger partial charge on any atom is -0.357 e. The van der Waals surface area contributed by atoms with Crippen LogP contribution >= 0.6 is 0 Å². The maximum absolute atomic E-state index is 13.7. The molecule has 1 spiro atoms. The molecule has 1 atom stereocenters. The van der Waals surface area contributed by atoms with Crippen LogP contribution in [0.3, 0.4) is 0 Å². The molecule has 2 saturated heterocycles. The Morgan fingerprint density at radius 3 is 2.55 bits per heavy atom. The van der Waals surface area contributed by atoms with Crippen LogP contribution < -0.4 is 20.4 Å². The zero-order valence-corrected chi connectivity index (χ0v) is 18.7. The predicted octanol–water partition coefficient (Wildman–Crippen LogP) is 2.55. The van der Waals surface area contributed by atoms with Crippen LogP contribution in [0.1, 0.15) is 50.5 Å². The van der Waals surface area contributed by atoms with Crippen LogP contribution in [0, 0.1) is 5.41 Å². The predicted molar refractivity (Wildman–Crippen MR) is 125 cm³/mol. The molecule has 3 fully saturated rings. The molecule has 0 radical (unpaired) electrons. The largest absolute Gasteiger partial charge is 0.357 e. The fourth-order valence-electron chi connectivity index (χ4n) is 5.79. The Morgan fingerprint density at radius 1 is 1.03 bits per heavy atom. The molecule has 1 aliphatic carbocycles. The van der Waals surface area contributed by atoms with E-state index < -0.39 is 5.41 Å². The van der Waals surface area contributed by atoms with Crippen molar-refractivity contribution in [1.82, 2.24) is 20.3 Å². The lowest BCUT2D eigenvalue weighted by Crippen LogP contribution is -2.56. The standard InChI is InChI=1S/C24H29N7O2/c32-21-24(9-10-25-21)13-16-14-27-23(29-20(16)31(22(24)33)18-5-1-2-6-18)28-17-7-8-19(26-15-17)30-11-3-4-12-30/h7-8,14-15,18H,1-6,9-13H2,(H,25,32)(H,27,28,29)/t24-/m1/s1. The molecule has 3 aliphatic heterocycles. The summed E-state index contributed by atoms with van der Waals surface area (Å²) in [6.45, 7) is 2.65.